The molecule has 4 aromatic rings. The normalized spacial score (nSPS) is 13.9. The van der Waals surface area contributed by atoms with Crippen LogP contribution in [0.1, 0.15) is 33.9 Å². The van der Waals surface area contributed by atoms with Crippen molar-refractivity contribution in [3.05, 3.63) is 122 Å². The van der Waals surface area contributed by atoms with Crippen LogP contribution < -0.4 is 35.0 Å². The molecule has 44 heavy (non-hydrogen) atoms. The van der Waals surface area contributed by atoms with E-state index in [2.05, 4.69) is 6.07 Å². The van der Waals surface area contributed by atoms with Crippen molar-refractivity contribution in [2.75, 3.05) is 21.3 Å². The highest BCUT2D eigenvalue weighted by molar-refractivity contribution is 6.31. The van der Waals surface area contributed by atoms with Crippen LogP contribution in [0, 0.1) is 18.3 Å². The molecule has 3 aromatic carbocycles. The first-order chi connectivity index (χ1) is 21.3. The number of aromatic nitrogens is 1. The van der Waals surface area contributed by atoms with Gasteiger partial charge in [-0.05, 0) is 54.8 Å². The van der Waals surface area contributed by atoms with Gasteiger partial charge in [-0.15, -0.1) is 0 Å². The monoisotopic (exact) mass is 613 g/mol. The number of pyridine rings is 1. The summed E-state index contributed by atoms with van der Waals surface area (Å²) in [5.41, 5.74) is 9.52. The SMILES string of the molecule is COc1ccc(CCn2c(C)cc3c(c2=O)[C@@H](c2ccc(OCc4ccccc4Cl)c(OC)c2)C(C#N)=C(N)O3)cc1OC. The highest BCUT2D eigenvalue weighted by Crippen LogP contribution is 2.43. The third kappa shape index (κ3) is 5.90. The molecule has 0 amide bonds. The van der Waals surface area contributed by atoms with Gasteiger partial charge < -0.3 is 34.0 Å². The predicted octanol–water partition coefficient (Wildman–Crippen LogP) is 5.88. The number of hydrogen-bond donors (Lipinski definition) is 1. The molecule has 1 aliphatic rings. The van der Waals surface area contributed by atoms with Gasteiger partial charge in [0.05, 0.1) is 32.8 Å². The van der Waals surface area contributed by atoms with Gasteiger partial charge in [-0.1, -0.05) is 41.9 Å². The average Bonchev–Trinajstić information content (AvgIpc) is 3.03. The van der Waals surface area contributed by atoms with Crippen molar-refractivity contribution in [2.45, 2.75) is 32.4 Å². The zero-order valence-electron chi connectivity index (χ0n) is 24.8. The van der Waals surface area contributed by atoms with Crippen LogP contribution in [-0.4, -0.2) is 25.9 Å². The number of nitrogens with two attached hydrogens (primary N) is 1. The van der Waals surface area contributed by atoms with E-state index in [-0.39, 0.29) is 23.6 Å². The van der Waals surface area contributed by atoms with Crippen LogP contribution in [0.3, 0.4) is 0 Å². The Bertz CT molecular complexity index is 1840. The lowest BCUT2D eigenvalue weighted by Gasteiger charge is -2.28. The molecule has 10 heteroatoms. The van der Waals surface area contributed by atoms with Crippen molar-refractivity contribution in [3.8, 4) is 34.8 Å². The Morgan fingerprint density at radius 1 is 0.955 bits per heavy atom. The lowest BCUT2D eigenvalue weighted by molar-refractivity contribution is 0.284. The van der Waals surface area contributed by atoms with E-state index in [1.54, 1.807) is 49.1 Å². The third-order valence-corrected chi connectivity index (χ3v) is 7.99. The van der Waals surface area contributed by atoms with E-state index in [9.17, 15) is 10.1 Å². The van der Waals surface area contributed by atoms with Gasteiger partial charge in [0, 0.05) is 28.9 Å². The van der Waals surface area contributed by atoms with Crippen LogP contribution in [0.2, 0.25) is 5.02 Å². The van der Waals surface area contributed by atoms with E-state index < -0.39 is 5.92 Å². The number of allylic oxidation sites excluding steroid dienone is 1. The summed E-state index contributed by atoms with van der Waals surface area (Å²) >= 11 is 6.29. The molecule has 1 aliphatic heterocycles. The fourth-order valence-electron chi connectivity index (χ4n) is 5.33. The number of nitriles is 1. The number of aryl methyl sites for hydroxylation is 2. The van der Waals surface area contributed by atoms with Crippen molar-refractivity contribution in [1.29, 1.82) is 5.26 Å². The fraction of sp³-hybridized carbons (Fsp3) is 0.235. The van der Waals surface area contributed by atoms with Crippen LogP contribution in [-0.2, 0) is 19.6 Å². The van der Waals surface area contributed by atoms with Gasteiger partial charge in [0.25, 0.3) is 5.56 Å². The summed E-state index contributed by atoms with van der Waals surface area (Å²) < 4.78 is 30.0. The predicted molar refractivity (Wildman–Crippen MR) is 167 cm³/mol. The molecule has 1 aromatic heterocycles. The van der Waals surface area contributed by atoms with E-state index in [0.29, 0.717) is 63.6 Å². The molecule has 0 fully saturated rings. The molecule has 0 bridgehead atoms. The van der Waals surface area contributed by atoms with Crippen LogP contribution in [0.25, 0.3) is 0 Å². The topological polar surface area (TPSA) is 118 Å². The summed E-state index contributed by atoms with van der Waals surface area (Å²) in [5, 5.41) is 10.7. The number of rotatable bonds is 10. The molecule has 0 unspecified atom stereocenters. The maximum atomic E-state index is 14.1. The van der Waals surface area contributed by atoms with Crippen molar-refractivity contribution in [2.24, 2.45) is 5.73 Å². The van der Waals surface area contributed by atoms with E-state index >= 15 is 0 Å². The van der Waals surface area contributed by atoms with Crippen molar-refractivity contribution < 1.29 is 23.7 Å². The van der Waals surface area contributed by atoms with Gasteiger partial charge in [-0.25, -0.2) is 0 Å². The molecule has 0 aliphatic carbocycles. The third-order valence-electron chi connectivity index (χ3n) is 7.62. The molecule has 226 valence electrons. The van der Waals surface area contributed by atoms with E-state index in [0.717, 1.165) is 11.1 Å². The van der Waals surface area contributed by atoms with E-state index in [1.807, 2.05) is 43.3 Å². The largest absolute Gasteiger partial charge is 0.493 e. The molecule has 0 spiro atoms. The smallest absolute Gasteiger partial charge is 0.258 e. The average molecular weight is 614 g/mol. The summed E-state index contributed by atoms with van der Waals surface area (Å²) in [5.74, 6) is 1.63. The maximum Gasteiger partial charge on any atom is 0.258 e. The van der Waals surface area contributed by atoms with Crippen LogP contribution in [0.15, 0.2) is 83.0 Å². The quantitative estimate of drug-likeness (QED) is 0.236. The van der Waals surface area contributed by atoms with Gasteiger partial charge in [0.1, 0.15) is 24.0 Å². The maximum absolute atomic E-state index is 14.1. The van der Waals surface area contributed by atoms with Crippen molar-refractivity contribution in [1.82, 2.24) is 4.57 Å². The number of methoxy groups -OCH3 is 3. The minimum atomic E-state index is -0.782. The number of ether oxygens (including phenoxy) is 5. The summed E-state index contributed by atoms with van der Waals surface area (Å²) in [7, 11) is 4.69. The Balaban J connectivity index is 1.51. The van der Waals surface area contributed by atoms with E-state index in [1.165, 1.54) is 7.11 Å². The summed E-state index contributed by atoms with van der Waals surface area (Å²) in [4.78, 5) is 14.1. The summed E-state index contributed by atoms with van der Waals surface area (Å²) in [6.07, 6.45) is 0.555. The molecule has 2 N–H and O–H groups in total. The van der Waals surface area contributed by atoms with E-state index in [4.69, 9.17) is 41.0 Å². The Kier molecular flexibility index (Phi) is 9.02. The fourth-order valence-corrected chi connectivity index (χ4v) is 5.52. The second kappa shape index (κ2) is 13.1. The van der Waals surface area contributed by atoms with Crippen molar-refractivity contribution >= 4 is 11.6 Å². The molecular formula is C34H32ClN3O6. The van der Waals surface area contributed by atoms with Crippen LogP contribution in [0.5, 0.6) is 28.7 Å². The van der Waals surface area contributed by atoms with Crippen LogP contribution >= 0.6 is 11.6 Å². The first-order valence-corrected chi connectivity index (χ1v) is 14.2. The molecule has 2 heterocycles. The molecule has 0 radical (unpaired) electrons. The van der Waals surface area contributed by atoms with Crippen LogP contribution in [0.4, 0.5) is 0 Å². The minimum absolute atomic E-state index is 0.0510. The highest BCUT2D eigenvalue weighted by Gasteiger charge is 2.35. The van der Waals surface area contributed by atoms with Gasteiger partial charge in [0.15, 0.2) is 23.0 Å². The number of benzene rings is 3. The Morgan fingerprint density at radius 2 is 1.66 bits per heavy atom. The zero-order valence-corrected chi connectivity index (χ0v) is 25.6. The summed E-state index contributed by atoms with van der Waals surface area (Å²) in [6.45, 7) is 2.46. The number of fused-ring (bicyclic) bond motifs is 1. The number of hydrogen-bond acceptors (Lipinski definition) is 8. The Morgan fingerprint density at radius 3 is 2.36 bits per heavy atom. The van der Waals surface area contributed by atoms with Gasteiger partial charge in [-0.2, -0.15) is 5.26 Å². The number of halogens is 1. The molecule has 9 nitrogen and oxygen atoms in total. The molecule has 0 saturated carbocycles. The second-order valence-electron chi connectivity index (χ2n) is 10.2. The molecule has 1 atom stereocenters. The first kappa shape index (κ1) is 30.4. The Hall–Kier alpha value is -5.07. The lowest BCUT2D eigenvalue weighted by atomic mass is 9.84. The first-order valence-electron chi connectivity index (χ1n) is 13.9. The molecule has 0 saturated heterocycles. The van der Waals surface area contributed by atoms with Gasteiger partial charge in [0.2, 0.25) is 5.88 Å². The minimum Gasteiger partial charge on any atom is -0.493 e. The zero-order chi connectivity index (χ0) is 31.4. The standard InChI is InChI=1S/C34H32ClN3O6/c1-20-15-30-32(34(39)38(20)14-13-21-9-11-26(40-2)28(16-21)41-3)31(24(18-36)33(37)44-30)22-10-12-27(29(17-22)42-4)43-19-23-7-5-6-8-25(23)35/h5-12,15-17,31H,13-14,19,37H2,1-4H3/t31-/m0/s1. The van der Waals surface area contributed by atoms with Gasteiger partial charge >= 0.3 is 0 Å². The second-order valence-corrected chi connectivity index (χ2v) is 10.6. The number of nitrogens with zero attached hydrogens (tertiary/aromatic N) is 2. The Labute approximate surface area is 260 Å². The molecule has 5 rings (SSSR count). The lowest BCUT2D eigenvalue weighted by Crippen LogP contribution is -2.33. The molecular weight excluding hydrogens is 582 g/mol. The highest BCUT2D eigenvalue weighted by atomic mass is 35.5. The van der Waals surface area contributed by atoms with Crippen molar-refractivity contribution in [3.63, 3.8) is 0 Å². The summed E-state index contributed by atoms with van der Waals surface area (Å²) in [6, 6.07) is 22.3. The van der Waals surface area contributed by atoms with Gasteiger partial charge in [-0.3, -0.25) is 4.79 Å².